The van der Waals surface area contributed by atoms with Gasteiger partial charge in [-0.15, -0.1) is 0 Å². The van der Waals surface area contributed by atoms with Crippen molar-refractivity contribution in [1.29, 1.82) is 0 Å². The SMILES string of the molecule is NC(=S)NNC(=O)[C@@H]1CCCCN1S(=O)(=O)c1ccc(F)cc1.O=C(O)[C@@H]1CCCCN1S(=O)(=O)c1ccc(F)cc1. The largest absolute Gasteiger partial charge is 0.480 e. The number of carboxylic acid groups (broad SMARTS) is 1. The van der Waals surface area contributed by atoms with Gasteiger partial charge in [-0.1, -0.05) is 6.42 Å². The van der Waals surface area contributed by atoms with Gasteiger partial charge >= 0.3 is 5.97 Å². The number of amides is 1. The second kappa shape index (κ2) is 14.3. The lowest BCUT2D eigenvalue weighted by Crippen LogP contribution is -2.56. The van der Waals surface area contributed by atoms with Crippen LogP contribution in [0.2, 0.25) is 0 Å². The smallest absolute Gasteiger partial charge is 0.322 e. The number of hydrogen-bond donors (Lipinski definition) is 4. The van der Waals surface area contributed by atoms with Crippen LogP contribution in [0.25, 0.3) is 0 Å². The zero-order valence-corrected chi connectivity index (χ0v) is 24.7. The lowest BCUT2D eigenvalue weighted by Gasteiger charge is -2.33. The van der Waals surface area contributed by atoms with E-state index < -0.39 is 55.6 Å². The zero-order valence-electron chi connectivity index (χ0n) is 22.3. The molecule has 17 heteroatoms. The third-order valence-electron chi connectivity index (χ3n) is 6.64. The Morgan fingerprint density at radius 1 is 0.762 bits per heavy atom. The van der Waals surface area contributed by atoms with Gasteiger partial charge in [0.25, 0.3) is 5.91 Å². The van der Waals surface area contributed by atoms with Crippen molar-refractivity contribution >= 4 is 49.3 Å². The van der Waals surface area contributed by atoms with Crippen molar-refractivity contribution < 1.29 is 40.3 Å². The average Bonchev–Trinajstić information content (AvgIpc) is 2.96. The van der Waals surface area contributed by atoms with Crippen molar-refractivity contribution in [2.75, 3.05) is 13.1 Å². The summed E-state index contributed by atoms with van der Waals surface area (Å²) in [6.45, 7) is 0.390. The van der Waals surface area contributed by atoms with Crippen LogP contribution in [0, 0.1) is 11.6 Å². The summed E-state index contributed by atoms with van der Waals surface area (Å²) in [7, 11) is -7.78. The molecule has 2 heterocycles. The van der Waals surface area contributed by atoms with Crippen molar-refractivity contribution in [1.82, 2.24) is 19.5 Å². The Labute approximate surface area is 247 Å². The van der Waals surface area contributed by atoms with Crippen molar-refractivity contribution in [2.45, 2.75) is 60.4 Å². The molecule has 2 aliphatic heterocycles. The molecule has 0 aliphatic carbocycles. The Bertz CT molecular complexity index is 1490. The molecule has 0 saturated carbocycles. The van der Waals surface area contributed by atoms with Crippen LogP contribution >= 0.6 is 12.2 Å². The number of carbonyl (C=O) groups is 2. The maximum absolute atomic E-state index is 13.0. The highest BCUT2D eigenvalue weighted by atomic mass is 32.2. The van der Waals surface area contributed by atoms with Gasteiger partial charge in [-0.05, 0) is 92.9 Å². The van der Waals surface area contributed by atoms with Crippen LogP contribution < -0.4 is 16.6 Å². The first-order valence-corrected chi connectivity index (χ1v) is 16.2. The van der Waals surface area contributed by atoms with E-state index in [1.807, 2.05) is 0 Å². The normalized spacial score (nSPS) is 20.0. The summed E-state index contributed by atoms with van der Waals surface area (Å²) in [6.07, 6.45) is 3.37. The minimum absolute atomic E-state index is 0.0547. The Kier molecular flexibility index (Phi) is 11.3. The number of nitrogens with zero attached hydrogens (tertiary/aromatic N) is 2. The number of piperidine rings is 2. The third-order valence-corrected chi connectivity index (χ3v) is 10.6. The van der Waals surface area contributed by atoms with Crippen LogP contribution in [0.1, 0.15) is 38.5 Å². The number of aliphatic carboxylic acids is 1. The van der Waals surface area contributed by atoms with Crippen LogP contribution in [-0.2, 0) is 29.6 Å². The number of benzene rings is 2. The predicted octanol–water partition coefficient (Wildman–Crippen LogP) is 1.69. The van der Waals surface area contributed by atoms with Crippen molar-refractivity contribution in [3.63, 3.8) is 0 Å². The Balaban J connectivity index is 0.000000235. The van der Waals surface area contributed by atoms with E-state index in [9.17, 15) is 35.2 Å². The minimum Gasteiger partial charge on any atom is -0.480 e. The highest BCUT2D eigenvalue weighted by molar-refractivity contribution is 7.89. The summed E-state index contributed by atoms with van der Waals surface area (Å²) in [6, 6.07) is 6.99. The first-order valence-electron chi connectivity index (χ1n) is 12.9. The second-order valence-electron chi connectivity index (χ2n) is 9.48. The molecule has 0 radical (unpaired) electrons. The molecule has 230 valence electrons. The number of rotatable bonds is 6. The molecule has 2 aliphatic rings. The van der Waals surface area contributed by atoms with Gasteiger partial charge in [0.15, 0.2) is 5.11 Å². The molecule has 0 spiro atoms. The van der Waals surface area contributed by atoms with Crippen molar-refractivity contribution in [3.8, 4) is 0 Å². The molecule has 2 aromatic rings. The molecule has 2 saturated heterocycles. The summed E-state index contributed by atoms with van der Waals surface area (Å²) < 4.78 is 78.0. The van der Waals surface area contributed by atoms with E-state index in [1.165, 1.54) is 12.1 Å². The number of thiocarbonyl (C=S) groups is 1. The first kappa shape index (κ1) is 33.3. The number of halogens is 2. The summed E-state index contributed by atoms with van der Waals surface area (Å²) in [5, 5.41) is 8.97. The van der Waals surface area contributed by atoms with Crippen LogP contribution in [-0.4, -0.2) is 72.7 Å². The second-order valence-corrected chi connectivity index (χ2v) is 13.7. The molecule has 12 nitrogen and oxygen atoms in total. The molecule has 42 heavy (non-hydrogen) atoms. The number of hydrazine groups is 1. The van der Waals surface area contributed by atoms with Gasteiger partial charge < -0.3 is 10.8 Å². The molecular weight excluding hydrogens is 617 g/mol. The molecule has 1 amide bonds. The van der Waals surface area contributed by atoms with Crippen LogP contribution in [0.15, 0.2) is 58.3 Å². The number of nitrogens with one attached hydrogen (secondary N) is 2. The summed E-state index contributed by atoms with van der Waals surface area (Å²) >= 11 is 4.59. The molecular formula is C25H31F2N5O7S3. The highest BCUT2D eigenvalue weighted by Crippen LogP contribution is 2.27. The van der Waals surface area contributed by atoms with E-state index in [4.69, 9.17) is 10.8 Å². The van der Waals surface area contributed by atoms with Crippen molar-refractivity contribution in [3.05, 3.63) is 60.2 Å². The van der Waals surface area contributed by atoms with E-state index in [0.717, 1.165) is 51.4 Å². The zero-order chi connectivity index (χ0) is 31.1. The number of carboxylic acids is 1. The Morgan fingerprint density at radius 2 is 1.17 bits per heavy atom. The summed E-state index contributed by atoms with van der Waals surface area (Å²) in [5.74, 6) is -2.75. The van der Waals surface area contributed by atoms with E-state index in [2.05, 4.69) is 23.1 Å². The number of hydrogen-bond acceptors (Lipinski definition) is 7. The fourth-order valence-electron chi connectivity index (χ4n) is 4.58. The van der Waals surface area contributed by atoms with Crippen molar-refractivity contribution in [2.24, 2.45) is 5.73 Å². The molecule has 0 bridgehead atoms. The third kappa shape index (κ3) is 8.19. The van der Waals surface area contributed by atoms with Gasteiger partial charge in [-0.2, -0.15) is 8.61 Å². The van der Waals surface area contributed by atoms with Gasteiger partial charge in [-0.3, -0.25) is 20.4 Å². The van der Waals surface area contributed by atoms with Crippen LogP contribution in [0.3, 0.4) is 0 Å². The lowest BCUT2D eigenvalue weighted by atomic mass is 10.0. The van der Waals surface area contributed by atoms with Gasteiger partial charge in [0, 0.05) is 13.1 Å². The van der Waals surface area contributed by atoms with E-state index in [0.29, 0.717) is 32.1 Å². The van der Waals surface area contributed by atoms with Gasteiger partial charge in [0.05, 0.1) is 9.79 Å². The molecule has 0 unspecified atom stereocenters. The Hall–Kier alpha value is -3.25. The standard InChI is InChI=1S/C13H17FN4O3S2.C12H14FNO4S/c14-9-4-6-10(7-5-9)23(20,21)18-8-2-1-3-11(18)12(19)16-17-13(15)22;13-9-4-6-10(7-5-9)19(17,18)14-8-2-1-3-11(14)12(15)16/h4-7,11H,1-3,8H2,(H,16,19)(H3,15,17,22);4-7,11H,1-3,8H2,(H,15,16)/t2*11-/m00/s1. The quantitative estimate of drug-likeness (QED) is 0.266. The average molecular weight is 648 g/mol. The highest BCUT2D eigenvalue weighted by Gasteiger charge is 2.38. The number of sulfonamides is 2. The van der Waals surface area contributed by atoms with E-state index in [-0.39, 0.29) is 28.0 Å². The monoisotopic (exact) mass is 647 g/mol. The first-order chi connectivity index (χ1) is 19.7. The van der Waals surface area contributed by atoms with Crippen LogP contribution in [0.5, 0.6) is 0 Å². The maximum Gasteiger partial charge on any atom is 0.322 e. The fraction of sp³-hybridized carbons (Fsp3) is 0.400. The number of nitrogens with two attached hydrogens (primary N) is 1. The predicted molar refractivity (Wildman–Crippen MR) is 152 cm³/mol. The van der Waals surface area contributed by atoms with Gasteiger partial charge in [-0.25, -0.2) is 25.6 Å². The molecule has 2 fully saturated rings. The summed E-state index contributed by atoms with van der Waals surface area (Å²) in [5.41, 5.74) is 9.83. The molecule has 5 N–H and O–H groups in total. The fourth-order valence-corrected chi connectivity index (χ4v) is 7.94. The maximum atomic E-state index is 13.0. The molecule has 2 aromatic carbocycles. The van der Waals surface area contributed by atoms with Gasteiger partial charge in [0.1, 0.15) is 23.7 Å². The molecule has 0 aromatic heterocycles. The number of carbonyl (C=O) groups excluding carboxylic acids is 1. The Morgan fingerprint density at radius 3 is 1.57 bits per heavy atom. The van der Waals surface area contributed by atoms with Gasteiger partial charge in [0.2, 0.25) is 20.0 Å². The topological polar surface area (TPSA) is 179 Å². The van der Waals surface area contributed by atoms with Crippen LogP contribution in [0.4, 0.5) is 8.78 Å². The molecule has 2 atom stereocenters. The molecule has 4 rings (SSSR count). The van der Waals surface area contributed by atoms with E-state index >= 15 is 0 Å². The van der Waals surface area contributed by atoms with E-state index in [1.54, 1.807) is 0 Å². The summed E-state index contributed by atoms with van der Waals surface area (Å²) in [4.78, 5) is 23.2. The lowest BCUT2D eigenvalue weighted by molar-refractivity contribution is -0.142. The minimum atomic E-state index is -3.90.